The number of nitrogens with zero attached hydrogens (tertiary/aromatic N) is 3. The second-order valence-corrected chi connectivity index (χ2v) is 6.78. The van der Waals surface area contributed by atoms with Gasteiger partial charge >= 0.3 is 0 Å². The Morgan fingerprint density at radius 2 is 2.25 bits per heavy atom. The second-order valence-electron chi connectivity index (χ2n) is 4.87. The molecule has 0 bridgehead atoms. The molecule has 9 heteroatoms. The van der Waals surface area contributed by atoms with Crippen LogP contribution in [0.3, 0.4) is 0 Å². The number of nitrogens with two attached hydrogens (primary N) is 1. The average Bonchev–Trinajstić information content (AvgIpc) is 2.77. The third kappa shape index (κ3) is 2.63. The lowest BCUT2D eigenvalue weighted by Crippen LogP contribution is -2.44. The number of hydrogen-bond donors (Lipinski definition) is 2. The van der Waals surface area contributed by atoms with E-state index in [4.69, 9.17) is 5.73 Å². The van der Waals surface area contributed by atoms with Crippen molar-refractivity contribution in [1.29, 1.82) is 0 Å². The van der Waals surface area contributed by atoms with Crippen LogP contribution in [-0.2, 0) is 21.9 Å². The molecule has 1 fully saturated rings. The molecule has 1 saturated heterocycles. The van der Waals surface area contributed by atoms with Crippen LogP contribution in [0.15, 0.2) is 11.1 Å². The van der Waals surface area contributed by atoms with Crippen molar-refractivity contribution in [2.24, 2.45) is 13.0 Å². The number of amides is 1. The van der Waals surface area contributed by atoms with Crippen molar-refractivity contribution in [2.45, 2.75) is 17.7 Å². The summed E-state index contributed by atoms with van der Waals surface area (Å²) in [5, 5.41) is 6.41. The highest BCUT2D eigenvalue weighted by Gasteiger charge is 2.34. The molecule has 2 heterocycles. The maximum atomic E-state index is 12.5. The Morgan fingerprint density at radius 3 is 2.80 bits per heavy atom. The lowest BCUT2D eigenvalue weighted by molar-refractivity contribution is -0.125. The van der Waals surface area contributed by atoms with Gasteiger partial charge < -0.3 is 11.1 Å². The number of sulfonamides is 1. The highest BCUT2D eigenvalue weighted by molar-refractivity contribution is 7.89. The van der Waals surface area contributed by atoms with Crippen LogP contribution in [0.2, 0.25) is 0 Å². The van der Waals surface area contributed by atoms with Crippen LogP contribution < -0.4 is 11.1 Å². The average molecular weight is 301 g/mol. The first kappa shape index (κ1) is 14.8. The number of aromatic nitrogens is 2. The maximum absolute atomic E-state index is 12.5. The Hall–Kier alpha value is -1.61. The third-order valence-corrected chi connectivity index (χ3v) is 5.32. The molecule has 1 atom stereocenters. The van der Waals surface area contributed by atoms with Gasteiger partial charge in [0.2, 0.25) is 15.9 Å². The number of nitrogens with one attached hydrogen (secondary N) is 1. The number of aryl methyl sites for hydroxylation is 1. The first-order valence-electron chi connectivity index (χ1n) is 6.37. The fraction of sp³-hybridized carbons (Fsp3) is 0.636. The van der Waals surface area contributed by atoms with Crippen LogP contribution in [0.4, 0.5) is 5.82 Å². The zero-order chi connectivity index (χ0) is 14.9. The molecule has 1 aromatic rings. The molecule has 0 aliphatic carbocycles. The number of carbonyl (C=O) groups excluding carboxylic acids is 1. The van der Waals surface area contributed by atoms with Crippen LogP contribution >= 0.6 is 0 Å². The molecule has 1 unspecified atom stereocenters. The largest absolute Gasteiger partial charge is 0.381 e. The fourth-order valence-corrected chi connectivity index (χ4v) is 4.02. The van der Waals surface area contributed by atoms with Crippen molar-refractivity contribution in [3.63, 3.8) is 0 Å². The first-order chi connectivity index (χ1) is 9.36. The predicted molar refractivity (Wildman–Crippen MR) is 73.2 cm³/mol. The number of anilines is 1. The van der Waals surface area contributed by atoms with Crippen LogP contribution in [0, 0.1) is 5.92 Å². The predicted octanol–water partition coefficient (Wildman–Crippen LogP) is -0.851. The Morgan fingerprint density at radius 1 is 1.55 bits per heavy atom. The minimum absolute atomic E-state index is 0.00226. The standard InChI is InChI=1S/C11H19N5O3S/c1-13-11(17)8-4-3-5-16(6-8)20(18,19)9-7-15(2)14-10(9)12/h7-8H,3-6H2,1-2H3,(H2,12,14)(H,13,17). The van der Waals surface area contributed by atoms with Gasteiger partial charge in [-0.3, -0.25) is 9.48 Å². The normalized spacial score (nSPS) is 20.8. The van der Waals surface area contributed by atoms with Gasteiger partial charge in [0.15, 0.2) is 5.82 Å². The maximum Gasteiger partial charge on any atom is 0.248 e. The molecule has 0 saturated carbocycles. The van der Waals surface area contributed by atoms with Crippen molar-refractivity contribution >= 4 is 21.7 Å². The van der Waals surface area contributed by atoms with E-state index in [9.17, 15) is 13.2 Å². The van der Waals surface area contributed by atoms with Gasteiger partial charge in [0, 0.05) is 33.4 Å². The summed E-state index contributed by atoms with van der Waals surface area (Å²) in [7, 11) is -0.541. The van der Waals surface area contributed by atoms with Crippen LogP contribution in [-0.4, -0.2) is 48.5 Å². The summed E-state index contributed by atoms with van der Waals surface area (Å²) in [6.07, 6.45) is 2.72. The fourth-order valence-electron chi connectivity index (χ4n) is 2.40. The summed E-state index contributed by atoms with van der Waals surface area (Å²) in [6.45, 7) is 0.570. The summed E-state index contributed by atoms with van der Waals surface area (Å²) >= 11 is 0. The Bertz CT molecular complexity index is 610. The highest BCUT2D eigenvalue weighted by atomic mass is 32.2. The monoisotopic (exact) mass is 301 g/mol. The zero-order valence-corrected chi connectivity index (χ0v) is 12.4. The number of rotatable bonds is 3. The Balaban J connectivity index is 2.26. The van der Waals surface area contributed by atoms with Crippen molar-refractivity contribution < 1.29 is 13.2 Å². The smallest absolute Gasteiger partial charge is 0.248 e. The molecule has 0 aromatic carbocycles. The van der Waals surface area contributed by atoms with E-state index in [0.29, 0.717) is 19.4 Å². The van der Waals surface area contributed by atoms with Gasteiger partial charge in [0.25, 0.3) is 0 Å². The number of nitrogen functional groups attached to an aromatic ring is 1. The Labute approximate surface area is 118 Å². The molecule has 20 heavy (non-hydrogen) atoms. The summed E-state index contributed by atoms with van der Waals surface area (Å²) in [6, 6.07) is 0. The molecule has 1 aliphatic heterocycles. The summed E-state index contributed by atoms with van der Waals surface area (Å²) in [5.74, 6) is -0.472. The van der Waals surface area contributed by atoms with Crippen LogP contribution in [0.1, 0.15) is 12.8 Å². The first-order valence-corrected chi connectivity index (χ1v) is 7.81. The van der Waals surface area contributed by atoms with Gasteiger partial charge in [-0.1, -0.05) is 0 Å². The molecule has 1 aromatic heterocycles. The molecular weight excluding hydrogens is 282 g/mol. The SMILES string of the molecule is CNC(=O)C1CCCN(S(=O)(=O)c2cn(C)nc2N)C1. The Kier molecular flexibility index (Phi) is 4.00. The van der Waals surface area contributed by atoms with E-state index >= 15 is 0 Å². The zero-order valence-electron chi connectivity index (χ0n) is 11.5. The van der Waals surface area contributed by atoms with E-state index in [-0.39, 0.29) is 29.1 Å². The molecule has 1 aliphatic rings. The van der Waals surface area contributed by atoms with Gasteiger partial charge in [0.1, 0.15) is 4.90 Å². The topological polar surface area (TPSA) is 110 Å². The molecule has 112 valence electrons. The minimum Gasteiger partial charge on any atom is -0.381 e. The van der Waals surface area contributed by atoms with Gasteiger partial charge in [-0.05, 0) is 12.8 Å². The van der Waals surface area contributed by atoms with Crippen LogP contribution in [0.5, 0.6) is 0 Å². The highest BCUT2D eigenvalue weighted by Crippen LogP contribution is 2.26. The summed E-state index contributed by atoms with van der Waals surface area (Å²) < 4.78 is 27.8. The second kappa shape index (κ2) is 5.41. The molecule has 0 radical (unpaired) electrons. The van der Waals surface area contributed by atoms with E-state index in [1.165, 1.54) is 15.2 Å². The number of hydrogen-bond acceptors (Lipinski definition) is 5. The van der Waals surface area contributed by atoms with E-state index in [1.54, 1.807) is 14.1 Å². The van der Waals surface area contributed by atoms with E-state index < -0.39 is 10.0 Å². The van der Waals surface area contributed by atoms with Crippen molar-refractivity contribution in [3.8, 4) is 0 Å². The summed E-state index contributed by atoms with van der Waals surface area (Å²) in [5.41, 5.74) is 5.64. The van der Waals surface area contributed by atoms with Crippen LogP contribution in [0.25, 0.3) is 0 Å². The van der Waals surface area contributed by atoms with E-state index in [0.717, 1.165) is 0 Å². The van der Waals surface area contributed by atoms with Crippen molar-refractivity contribution in [3.05, 3.63) is 6.20 Å². The summed E-state index contributed by atoms with van der Waals surface area (Å²) in [4.78, 5) is 11.7. The third-order valence-electron chi connectivity index (χ3n) is 3.44. The van der Waals surface area contributed by atoms with Gasteiger partial charge in [-0.15, -0.1) is 0 Å². The van der Waals surface area contributed by atoms with E-state index in [1.807, 2.05) is 0 Å². The van der Waals surface area contributed by atoms with Crippen molar-refractivity contribution in [2.75, 3.05) is 25.9 Å². The molecule has 0 spiro atoms. The lowest BCUT2D eigenvalue weighted by Gasteiger charge is -2.30. The van der Waals surface area contributed by atoms with Gasteiger partial charge in [0.05, 0.1) is 5.92 Å². The molecule has 2 rings (SSSR count). The number of piperidine rings is 1. The minimum atomic E-state index is -3.70. The number of carbonyl (C=O) groups is 1. The van der Waals surface area contributed by atoms with Crippen molar-refractivity contribution in [1.82, 2.24) is 19.4 Å². The molecule has 3 N–H and O–H groups in total. The van der Waals surface area contributed by atoms with E-state index in [2.05, 4.69) is 10.4 Å². The molecule has 8 nitrogen and oxygen atoms in total. The quantitative estimate of drug-likeness (QED) is 0.755. The molecular formula is C11H19N5O3S. The molecule has 1 amide bonds. The van der Waals surface area contributed by atoms with Gasteiger partial charge in [-0.2, -0.15) is 9.40 Å². The van der Waals surface area contributed by atoms with Gasteiger partial charge in [-0.25, -0.2) is 8.42 Å². The lowest BCUT2D eigenvalue weighted by atomic mass is 9.99.